The molecule has 2 aliphatic rings. The Bertz CT molecular complexity index is 418. The van der Waals surface area contributed by atoms with Crippen LogP contribution in [0, 0.1) is 0 Å². The van der Waals surface area contributed by atoms with Crippen molar-refractivity contribution >= 4 is 29.0 Å². The zero-order valence-corrected chi connectivity index (χ0v) is 12.5. The lowest BCUT2D eigenvalue weighted by atomic mass is 10.3. The molecule has 1 amide bonds. The van der Waals surface area contributed by atoms with Gasteiger partial charge in [0.15, 0.2) is 0 Å². The summed E-state index contributed by atoms with van der Waals surface area (Å²) in [4.78, 5) is 17.7. The van der Waals surface area contributed by atoms with Crippen LogP contribution in [0.15, 0.2) is 17.5 Å². The third-order valence-corrected chi connectivity index (χ3v) is 5.52. The average Bonchev–Trinajstić information content (AvgIpc) is 3.07. The van der Waals surface area contributed by atoms with Gasteiger partial charge in [-0.05, 0) is 11.4 Å². The van der Waals surface area contributed by atoms with Gasteiger partial charge in [0.05, 0.1) is 6.54 Å². The standard InChI is InChI=1S/C13H19N3OS2/c17-12-10-14-13(11-2-1-7-19-11)16(12)4-3-15-5-8-18-9-6-15/h1-2,7,13-14H,3-6,8-10H2. The summed E-state index contributed by atoms with van der Waals surface area (Å²) in [5.74, 6) is 2.67. The molecular formula is C13H19N3OS2. The smallest absolute Gasteiger partial charge is 0.238 e. The molecule has 104 valence electrons. The molecule has 2 fully saturated rings. The topological polar surface area (TPSA) is 35.6 Å². The largest absolute Gasteiger partial charge is 0.320 e. The van der Waals surface area contributed by atoms with E-state index in [4.69, 9.17) is 0 Å². The number of thiophene rings is 1. The molecule has 0 aliphatic carbocycles. The fourth-order valence-corrected chi connectivity index (χ4v) is 4.36. The summed E-state index contributed by atoms with van der Waals surface area (Å²) in [7, 11) is 0. The Morgan fingerprint density at radius 1 is 1.32 bits per heavy atom. The highest BCUT2D eigenvalue weighted by molar-refractivity contribution is 7.99. The summed E-state index contributed by atoms with van der Waals surface area (Å²) >= 11 is 3.74. The first-order valence-electron chi connectivity index (χ1n) is 6.71. The van der Waals surface area contributed by atoms with E-state index < -0.39 is 0 Å². The number of nitrogens with one attached hydrogen (secondary N) is 1. The molecule has 2 aliphatic heterocycles. The van der Waals surface area contributed by atoms with E-state index in [-0.39, 0.29) is 12.1 Å². The monoisotopic (exact) mass is 297 g/mol. The van der Waals surface area contributed by atoms with Crippen LogP contribution < -0.4 is 5.32 Å². The van der Waals surface area contributed by atoms with Crippen molar-refractivity contribution in [1.82, 2.24) is 15.1 Å². The summed E-state index contributed by atoms with van der Waals surface area (Å²) < 4.78 is 0. The Morgan fingerprint density at radius 3 is 2.89 bits per heavy atom. The zero-order valence-electron chi connectivity index (χ0n) is 10.9. The first-order valence-corrected chi connectivity index (χ1v) is 8.74. The zero-order chi connectivity index (χ0) is 13.1. The highest BCUT2D eigenvalue weighted by atomic mass is 32.2. The van der Waals surface area contributed by atoms with E-state index >= 15 is 0 Å². The highest BCUT2D eigenvalue weighted by Gasteiger charge is 2.32. The number of hydrogen-bond donors (Lipinski definition) is 1. The second-order valence-corrected chi connectivity index (χ2v) is 7.04. The predicted molar refractivity (Wildman–Crippen MR) is 80.5 cm³/mol. The quantitative estimate of drug-likeness (QED) is 0.907. The van der Waals surface area contributed by atoms with Crippen LogP contribution >= 0.6 is 23.1 Å². The van der Waals surface area contributed by atoms with Gasteiger partial charge in [-0.25, -0.2) is 0 Å². The van der Waals surface area contributed by atoms with Gasteiger partial charge in [-0.3, -0.25) is 15.0 Å². The van der Waals surface area contributed by atoms with Crippen LogP contribution in [0.5, 0.6) is 0 Å². The maximum absolute atomic E-state index is 12.0. The van der Waals surface area contributed by atoms with Crippen molar-refractivity contribution in [2.24, 2.45) is 0 Å². The molecule has 1 aromatic heterocycles. The first-order chi connectivity index (χ1) is 9.34. The molecule has 0 bridgehead atoms. The Balaban J connectivity index is 1.59. The number of carbonyl (C=O) groups is 1. The molecule has 6 heteroatoms. The maximum Gasteiger partial charge on any atom is 0.238 e. The molecule has 0 spiro atoms. The number of thioether (sulfide) groups is 1. The van der Waals surface area contributed by atoms with Crippen LogP contribution in [-0.2, 0) is 4.79 Å². The van der Waals surface area contributed by atoms with Gasteiger partial charge in [0.2, 0.25) is 5.91 Å². The molecule has 1 aromatic rings. The van der Waals surface area contributed by atoms with Crippen molar-refractivity contribution in [2.45, 2.75) is 6.17 Å². The van der Waals surface area contributed by atoms with Crippen molar-refractivity contribution in [3.05, 3.63) is 22.4 Å². The summed E-state index contributed by atoms with van der Waals surface area (Å²) in [6.45, 7) is 4.61. The molecule has 3 heterocycles. The van der Waals surface area contributed by atoms with Gasteiger partial charge in [0.25, 0.3) is 0 Å². The van der Waals surface area contributed by atoms with Gasteiger partial charge in [-0.1, -0.05) is 6.07 Å². The van der Waals surface area contributed by atoms with E-state index in [0.29, 0.717) is 6.54 Å². The van der Waals surface area contributed by atoms with E-state index in [1.54, 1.807) is 11.3 Å². The molecule has 2 saturated heterocycles. The molecule has 19 heavy (non-hydrogen) atoms. The van der Waals surface area contributed by atoms with Crippen LogP contribution in [0.2, 0.25) is 0 Å². The first kappa shape index (κ1) is 13.4. The fraction of sp³-hybridized carbons (Fsp3) is 0.615. The number of carbonyl (C=O) groups excluding carboxylic acids is 1. The maximum atomic E-state index is 12.0. The molecule has 1 unspecified atom stereocenters. The molecule has 1 N–H and O–H groups in total. The van der Waals surface area contributed by atoms with E-state index in [1.165, 1.54) is 16.4 Å². The molecule has 0 saturated carbocycles. The van der Waals surface area contributed by atoms with E-state index in [9.17, 15) is 4.79 Å². The summed E-state index contributed by atoms with van der Waals surface area (Å²) in [5, 5.41) is 5.38. The Labute approximate surface area is 122 Å². The molecule has 0 aromatic carbocycles. The molecular weight excluding hydrogens is 278 g/mol. The third kappa shape index (κ3) is 3.13. The van der Waals surface area contributed by atoms with Gasteiger partial charge >= 0.3 is 0 Å². The van der Waals surface area contributed by atoms with Crippen molar-refractivity contribution in [1.29, 1.82) is 0 Å². The Hall–Kier alpha value is -0.560. The lowest BCUT2D eigenvalue weighted by Gasteiger charge is -2.30. The van der Waals surface area contributed by atoms with Crippen molar-refractivity contribution in [3.63, 3.8) is 0 Å². The minimum absolute atomic E-state index is 0.0895. The van der Waals surface area contributed by atoms with Crippen LogP contribution in [0.3, 0.4) is 0 Å². The molecule has 4 nitrogen and oxygen atoms in total. The second kappa shape index (κ2) is 6.26. The van der Waals surface area contributed by atoms with Crippen molar-refractivity contribution in [3.8, 4) is 0 Å². The molecule has 1 atom stereocenters. The number of rotatable bonds is 4. The summed E-state index contributed by atoms with van der Waals surface area (Å²) in [6.07, 6.45) is 0.0895. The average molecular weight is 297 g/mol. The van der Waals surface area contributed by atoms with Gasteiger partial charge in [0, 0.05) is 42.6 Å². The molecule has 3 rings (SSSR count). The number of amides is 1. The number of hydrogen-bond acceptors (Lipinski definition) is 5. The minimum Gasteiger partial charge on any atom is -0.320 e. The van der Waals surface area contributed by atoms with E-state index in [2.05, 4.69) is 21.7 Å². The molecule has 0 radical (unpaired) electrons. The van der Waals surface area contributed by atoms with Crippen molar-refractivity contribution < 1.29 is 4.79 Å². The Morgan fingerprint density at radius 2 is 2.16 bits per heavy atom. The van der Waals surface area contributed by atoms with Crippen molar-refractivity contribution in [2.75, 3.05) is 44.2 Å². The van der Waals surface area contributed by atoms with Gasteiger partial charge in [-0.2, -0.15) is 11.8 Å². The summed E-state index contributed by atoms with van der Waals surface area (Å²) in [6, 6.07) is 4.15. The third-order valence-electron chi connectivity index (χ3n) is 3.65. The van der Waals surface area contributed by atoms with Crippen LogP contribution in [0.1, 0.15) is 11.0 Å². The Kier molecular flexibility index (Phi) is 4.42. The minimum atomic E-state index is 0.0895. The number of nitrogens with zero attached hydrogens (tertiary/aromatic N) is 2. The SMILES string of the molecule is O=C1CNC(c2cccs2)N1CCN1CCSCC1. The van der Waals surface area contributed by atoms with Gasteiger partial charge in [-0.15, -0.1) is 11.3 Å². The second-order valence-electron chi connectivity index (χ2n) is 4.84. The highest BCUT2D eigenvalue weighted by Crippen LogP contribution is 2.26. The summed E-state index contributed by atoms with van der Waals surface area (Å²) in [5.41, 5.74) is 0. The van der Waals surface area contributed by atoms with Crippen LogP contribution in [0.25, 0.3) is 0 Å². The van der Waals surface area contributed by atoms with E-state index in [0.717, 1.165) is 26.2 Å². The van der Waals surface area contributed by atoms with Gasteiger partial charge in [0.1, 0.15) is 6.17 Å². The lowest BCUT2D eigenvalue weighted by molar-refractivity contribution is -0.128. The predicted octanol–water partition coefficient (Wildman–Crippen LogP) is 1.23. The van der Waals surface area contributed by atoms with Gasteiger partial charge < -0.3 is 4.90 Å². The van der Waals surface area contributed by atoms with Crippen LogP contribution in [0.4, 0.5) is 0 Å². The normalized spacial score (nSPS) is 25.2. The fourth-order valence-electron chi connectivity index (χ4n) is 2.57. The lowest BCUT2D eigenvalue weighted by Crippen LogP contribution is -2.41. The van der Waals surface area contributed by atoms with E-state index in [1.807, 2.05) is 22.7 Å². The van der Waals surface area contributed by atoms with Crippen LogP contribution in [-0.4, -0.2) is 59.9 Å².